The molecule has 0 fully saturated rings. The standard InChI is InChI=1S/C24H27N3O/c1-18-10-9-13-20(16-18)24(2,3)17-26-23(28)27-22(19-11-5-4-6-12-19)21-14-7-8-15-25-21/h4-16,22H,17H2,1-3H3,(H2,26,27,28). The van der Waals surface area contributed by atoms with Crippen molar-refractivity contribution in [2.24, 2.45) is 0 Å². The van der Waals surface area contributed by atoms with Gasteiger partial charge in [-0.2, -0.15) is 0 Å². The van der Waals surface area contributed by atoms with Gasteiger partial charge >= 0.3 is 6.03 Å². The average Bonchev–Trinajstić information content (AvgIpc) is 2.72. The second kappa shape index (κ2) is 8.70. The van der Waals surface area contributed by atoms with Gasteiger partial charge in [0.1, 0.15) is 0 Å². The largest absolute Gasteiger partial charge is 0.337 e. The minimum Gasteiger partial charge on any atom is -0.337 e. The van der Waals surface area contributed by atoms with Crippen molar-refractivity contribution in [1.29, 1.82) is 0 Å². The first-order chi connectivity index (χ1) is 13.5. The molecule has 0 spiro atoms. The van der Waals surface area contributed by atoms with Crippen molar-refractivity contribution < 1.29 is 4.79 Å². The zero-order valence-corrected chi connectivity index (χ0v) is 16.6. The van der Waals surface area contributed by atoms with Gasteiger partial charge in [-0.25, -0.2) is 4.79 Å². The summed E-state index contributed by atoms with van der Waals surface area (Å²) < 4.78 is 0. The minimum atomic E-state index is -0.301. The van der Waals surface area contributed by atoms with E-state index in [9.17, 15) is 4.79 Å². The van der Waals surface area contributed by atoms with Crippen LogP contribution in [-0.2, 0) is 5.41 Å². The Hall–Kier alpha value is -3.14. The van der Waals surface area contributed by atoms with E-state index in [-0.39, 0.29) is 17.5 Å². The molecule has 2 amide bonds. The molecule has 1 aromatic heterocycles. The predicted octanol–water partition coefficient (Wildman–Crippen LogP) is 4.76. The summed E-state index contributed by atoms with van der Waals surface area (Å²) in [7, 11) is 0. The number of benzene rings is 2. The van der Waals surface area contributed by atoms with E-state index < -0.39 is 0 Å². The maximum Gasteiger partial charge on any atom is 0.315 e. The van der Waals surface area contributed by atoms with Crippen molar-refractivity contribution in [3.05, 3.63) is 101 Å². The van der Waals surface area contributed by atoms with E-state index in [1.165, 1.54) is 11.1 Å². The van der Waals surface area contributed by atoms with Crippen molar-refractivity contribution >= 4 is 6.03 Å². The molecule has 1 atom stereocenters. The number of pyridine rings is 1. The summed E-state index contributed by atoms with van der Waals surface area (Å²) in [6, 6.07) is 23.5. The van der Waals surface area contributed by atoms with Gasteiger partial charge in [-0.15, -0.1) is 0 Å². The summed E-state index contributed by atoms with van der Waals surface area (Å²) >= 11 is 0. The lowest BCUT2D eigenvalue weighted by molar-refractivity contribution is 0.236. The molecule has 3 rings (SSSR count). The molecule has 144 valence electrons. The smallest absolute Gasteiger partial charge is 0.315 e. The molecule has 0 bridgehead atoms. The highest BCUT2D eigenvalue weighted by molar-refractivity contribution is 5.75. The number of carbonyl (C=O) groups is 1. The Labute approximate surface area is 167 Å². The average molecular weight is 374 g/mol. The third-order valence-electron chi connectivity index (χ3n) is 4.88. The molecule has 0 saturated heterocycles. The molecule has 0 aliphatic heterocycles. The van der Waals surface area contributed by atoms with Gasteiger partial charge in [-0.05, 0) is 30.2 Å². The van der Waals surface area contributed by atoms with Crippen LogP contribution in [0.1, 0.15) is 42.3 Å². The zero-order valence-electron chi connectivity index (χ0n) is 16.6. The SMILES string of the molecule is Cc1cccc(C(C)(C)CNC(=O)NC(c2ccccc2)c2ccccn2)c1. The number of nitrogens with one attached hydrogen (secondary N) is 2. The van der Waals surface area contributed by atoms with E-state index in [2.05, 4.69) is 60.7 Å². The quantitative estimate of drug-likeness (QED) is 0.655. The van der Waals surface area contributed by atoms with Crippen LogP contribution < -0.4 is 10.6 Å². The Kier molecular flexibility index (Phi) is 6.09. The van der Waals surface area contributed by atoms with Crippen molar-refractivity contribution in [2.75, 3.05) is 6.54 Å². The van der Waals surface area contributed by atoms with Crippen LogP contribution in [-0.4, -0.2) is 17.6 Å². The third-order valence-corrected chi connectivity index (χ3v) is 4.88. The van der Waals surface area contributed by atoms with Gasteiger partial charge in [0.15, 0.2) is 0 Å². The van der Waals surface area contributed by atoms with Gasteiger partial charge in [0.2, 0.25) is 0 Å². The predicted molar refractivity (Wildman–Crippen MR) is 113 cm³/mol. The van der Waals surface area contributed by atoms with Crippen LogP contribution in [0.5, 0.6) is 0 Å². The maximum absolute atomic E-state index is 12.7. The lowest BCUT2D eigenvalue weighted by Gasteiger charge is -2.27. The topological polar surface area (TPSA) is 54.0 Å². The Bertz CT molecular complexity index is 868. The molecule has 0 aliphatic carbocycles. The minimum absolute atomic E-state index is 0.170. The first-order valence-corrected chi connectivity index (χ1v) is 9.53. The van der Waals surface area contributed by atoms with Crippen LogP contribution in [0.15, 0.2) is 79.0 Å². The van der Waals surface area contributed by atoms with Crippen LogP contribution in [0.4, 0.5) is 4.79 Å². The Morgan fingerprint density at radius 3 is 2.43 bits per heavy atom. The highest BCUT2D eigenvalue weighted by Crippen LogP contribution is 2.23. The summed E-state index contributed by atoms with van der Waals surface area (Å²) in [6.45, 7) is 6.88. The van der Waals surface area contributed by atoms with E-state index >= 15 is 0 Å². The summed E-state index contributed by atoms with van der Waals surface area (Å²) in [5, 5.41) is 6.11. The second-order valence-corrected chi connectivity index (χ2v) is 7.68. The molecule has 1 unspecified atom stereocenters. The fraction of sp³-hybridized carbons (Fsp3) is 0.250. The van der Waals surface area contributed by atoms with E-state index in [1.54, 1.807) is 6.20 Å². The normalized spacial score (nSPS) is 12.2. The van der Waals surface area contributed by atoms with Crippen molar-refractivity contribution in [3.8, 4) is 0 Å². The van der Waals surface area contributed by atoms with Gasteiger partial charge in [0, 0.05) is 18.2 Å². The number of urea groups is 1. The summed E-state index contributed by atoms with van der Waals surface area (Å²) in [4.78, 5) is 17.1. The molecule has 4 heteroatoms. The van der Waals surface area contributed by atoms with Crippen LogP contribution >= 0.6 is 0 Å². The van der Waals surface area contributed by atoms with E-state index in [1.807, 2.05) is 48.5 Å². The molecular weight excluding hydrogens is 346 g/mol. The highest BCUT2D eigenvalue weighted by Gasteiger charge is 2.23. The van der Waals surface area contributed by atoms with E-state index in [0.29, 0.717) is 6.54 Å². The van der Waals surface area contributed by atoms with Crippen molar-refractivity contribution in [1.82, 2.24) is 15.6 Å². The lowest BCUT2D eigenvalue weighted by atomic mass is 9.84. The number of rotatable bonds is 6. The third kappa shape index (κ3) is 4.97. The number of aromatic nitrogens is 1. The van der Waals surface area contributed by atoms with Gasteiger partial charge < -0.3 is 10.6 Å². The van der Waals surface area contributed by atoms with Crippen molar-refractivity contribution in [2.45, 2.75) is 32.2 Å². The number of hydrogen-bond donors (Lipinski definition) is 2. The number of carbonyl (C=O) groups excluding carboxylic acids is 1. The molecule has 3 aromatic rings. The van der Waals surface area contributed by atoms with Crippen LogP contribution in [0.2, 0.25) is 0 Å². The maximum atomic E-state index is 12.7. The molecule has 0 radical (unpaired) electrons. The Morgan fingerprint density at radius 1 is 1.00 bits per heavy atom. The second-order valence-electron chi connectivity index (χ2n) is 7.68. The van der Waals surface area contributed by atoms with Crippen LogP contribution in [0, 0.1) is 6.92 Å². The van der Waals surface area contributed by atoms with Crippen molar-refractivity contribution in [3.63, 3.8) is 0 Å². The van der Waals surface area contributed by atoms with Gasteiger partial charge in [0.05, 0.1) is 11.7 Å². The molecule has 1 heterocycles. The molecule has 2 aromatic carbocycles. The van der Waals surface area contributed by atoms with Gasteiger partial charge in [-0.1, -0.05) is 80.1 Å². The van der Waals surface area contributed by atoms with Crippen LogP contribution in [0.3, 0.4) is 0 Å². The number of nitrogens with zero attached hydrogens (tertiary/aromatic N) is 1. The zero-order chi connectivity index (χ0) is 20.0. The molecule has 28 heavy (non-hydrogen) atoms. The van der Waals surface area contributed by atoms with E-state index in [4.69, 9.17) is 0 Å². The fourth-order valence-electron chi connectivity index (χ4n) is 3.17. The first kappa shape index (κ1) is 19.6. The number of amides is 2. The van der Waals surface area contributed by atoms with Gasteiger partial charge in [-0.3, -0.25) is 4.98 Å². The van der Waals surface area contributed by atoms with E-state index in [0.717, 1.165) is 11.3 Å². The number of aryl methyl sites for hydroxylation is 1. The molecule has 0 saturated carbocycles. The summed E-state index contributed by atoms with van der Waals surface area (Å²) in [6.07, 6.45) is 1.74. The first-order valence-electron chi connectivity index (χ1n) is 9.53. The summed E-state index contributed by atoms with van der Waals surface area (Å²) in [5.41, 5.74) is 4.05. The molecule has 0 aliphatic rings. The monoisotopic (exact) mass is 373 g/mol. The lowest BCUT2D eigenvalue weighted by Crippen LogP contribution is -2.43. The summed E-state index contributed by atoms with van der Waals surface area (Å²) in [5.74, 6) is 0. The highest BCUT2D eigenvalue weighted by atomic mass is 16.2. The number of hydrogen-bond acceptors (Lipinski definition) is 2. The van der Waals surface area contributed by atoms with Crippen LogP contribution in [0.25, 0.3) is 0 Å². The molecule has 2 N–H and O–H groups in total. The molecule has 4 nitrogen and oxygen atoms in total. The Balaban J connectivity index is 1.71. The Morgan fingerprint density at radius 2 is 1.75 bits per heavy atom. The van der Waals surface area contributed by atoms with Gasteiger partial charge in [0.25, 0.3) is 0 Å². The molecular formula is C24H27N3O. The fourth-order valence-corrected chi connectivity index (χ4v) is 3.17.